The molecule has 1 heterocycles. The van der Waals surface area contributed by atoms with Crippen molar-refractivity contribution in [1.29, 1.82) is 5.26 Å². The SMILES string of the molecule is N#Cc1c(-c2ccccc2)nc(NN=Cc2ccc(Oc3ccc(Br)cc3)cc2)[nH]c1=O. The average molecular weight is 486 g/mol. The van der Waals surface area contributed by atoms with Gasteiger partial charge in [0.2, 0.25) is 5.95 Å². The van der Waals surface area contributed by atoms with Crippen molar-refractivity contribution in [2.75, 3.05) is 5.43 Å². The zero-order valence-electron chi connectivity index (χ0n) is 16.6. The minimum Gasteiger partial charge on any atom is -0.457 e. The van der Waals surface area contributed by atoms with Gasteiger partial charge in [-0.05, 0) is 54.1 Å². The fourth-order valence-electron chi connectivity index (χ4n) is 2.86. The molecule has 0 aliphatic heterocycles. The minimum atomic E-state index is -0.534. The van der Waals surface area contributed by atoms with Crippen LogP contribution in [0.2, 0.25) is 0 Å². The van der Waals surface area contributed by atoms with Crippen LogP contribution in [0.1, 0.15) is 11.1 Å². The van der Waals surface area contributed by atoms with Crippen molar-refractivity contribution in [2.45, 2.75) is 0 Å². The molecule has 0 fully saturated rings. The minimum absolute atomic E-state index is 0.0490. The van der Waals surface area contributed by atoms with E-state index in [1.807, 2.05) is 72.8 Å². The van der Waals surface area contributed by atoms with Crippen LogP contribution >= 0.6 is 15.9 Å². The summed E-state index contributed by atoms with van der Waals surface area (Å²) in [4.78, 5) is 19.2. The lowest BCUT2D eigenvalue weighted by molar-refractivity contribution is 0.482. The lowest BCUT2D eigenvalue weighted by atomic mass is 10.1. The van der Waals surface area contributed by atoms with Gasteiger partial charge in [-0.25, -0.2) is 10.4 Å². The summed E-state index contributed by atoms with van der Waals surface area (Å²) < 4.78 is 6.78. The first-order chi connectivity index (χ1) is 15.6. The molecule has 0 amide bonds. The molecule has 156 valence electrons. The van der Waals surface area contributed by atoms with Gasteiger partial charge >= 0.3 is 0 Å². The van der Waals surface area contributed by atoms with Crippen LogP contribution in [-0.4, -0.2) is 16.2 Å². The smallest absolute Gasteiger partial charge is 0.270 e. The van der Waals surface area contributed by atoms with Gasteiger partial charge in [-0.3, -0.25) is 9.78 Å². The van der Waals surface area contributed by atoms with E-state index >= 15 is 0 Å². The molecule has 3 aromatic carbocycles. The van der Waals surface area contributed by atoms with Crippen molar-refractivity contribution in [3.8, 4) is 28.8 Å². The Kier molecular flexibility index (Phi) is 6.39. The van der Waals surface area contributed by atoms with Gasteiger partial charge < -0.3 is 4.74 Å². The summed E-state index contributed by atoms with van der Waals surface area (Å²) in [5, 5.41) is 13.5. The summed E-state index contributed by atoms with van der Waals surface area (Å²) in [7, 11) is 0. The van der Waals surface area contributed by atoms with Crippen molar-refractivity contribution >= 4 is 28.1 Å². The molecular formula is C24H16BrN5O2. The number of nitrogens with zero attached hydrogens (tertiary/aromatic N) is 3. The maximum absolute atomic E-state index is 12.3. The summed E-state index contributed by atoms with van der Waals surface area (Å²) in [6, 6.07) is 25.9. The van der Waals surface area contributed by atoms with E-state index in [1.54, 1.807) is 18.3 Å². The van der Waals surface area contributed by atoms with Crippen molar-refractivity contribution < 1.29 is 4.74 Å². The molecular weight excluding hydrogens is 470 g/mol. The highest BCUT2D eigenvalue weighted by molar-refractivity contribution is 9.10. The number of nitrogens with one attached hydrogen (secondary N) is 2. The van der Waals surface area contributed by atoms with Crippen molar-refractivity contribution in [3.05, 3.63) is 105 Å². The van der Waals surface area contributed by atoms with E-state index in [4.69, 9.17) is 4.74 Å². The highest BCUT2D eigenvalue weighted by Crippen LogP contribution is 2.23. The Labute approximate surface area is 192 Å². The first kappa shape index (κ1) is 21.0. The van der Waals surface area contributed by atoms with Crippen LogP contribution in [0.25, 0.3) is 11.3 Å². The molecule has 0 bridgehead atoms. The zero-order valence-corrected chi connectivity index (χ0v) is 18.2. The summed E-state index contributed by atoms with van der Waals surface area (Å²) in [5.74, 6) is 1.57. The van der Waals surface area contributed by atoms with Crippen molar-refractivity contribution in [2.24, 2.45) is 5.10 Å². The molecule has 7 nitrogen and oxygen atoms in total. The predicted octanol–water partition coefficient (Wildman–Crippen LogP) is 5.31. The molecule has 0 unspecified atom stereocenters. The van der Waals surface area contributed by atoms with E-state index in [0.717, 1.165) is 15.8 Å². The zero-order chi connectivity index (χ0) is 22.3. The molecule has 0 spiro atoms. The highest BCUT2D eigenvalue weighted by atomic mass is 79.9. The van der Waals surface area contributed by atoms with Crippen LogP contribution in [0.15, 0.2) is 93.2 Å². The average Bonchev–Trinajstić information content (AvgIpc) is 2.82. The van der Waals surface area contributed by atoms with E-state index in [2.05, 4.69) is 36.4 Å². The second kappa shape index (κ2) is 9.73. The third kappa shape index (κ3) is 5.09. The second-order valence-electron chi connectivity index (χ2n) is 6.61. The van der Waals surface area contributed by atoms with Crippen LogP contribution in [0.5, 0.6) is 11.5 Å². The standard InChI is InChI=1S/C24H16BrN5O2/c25-18-8-12-20(13-9-18)32-19-10-6-16(7-11-19)15-27-30-24-28-22(17-4-2-1-3-5-17)21(14-26)23(31)29-24/h1-13,15H,(H2,28,29,30,31). The van der Waals surface area contributed by atoms with Gasteiger partial charge in [0.25, 0.3) is 5.56 Å². The van der Waals surface area contributed by atoms with Gasteiger partial charge in [0.05, 0.1) is 11.9 Å². The number of nitriles is 1. The van der Waals surface area contributed by atoms with Crippen LogP contribution in [0, 0.1) is 11.3 Å². The quantitative estimate of drug-likeness (QED) is 0.284. The third-order valence-electron chi connectivity index (χ3n) is 4.39. The number of anilines is 1. The third-order valence-corrected chi connectivity index (χ3v) is 4.92. The lowest BCUT2D eigenvalue weighted by Gasteiger charge is -2.06. The molecule has 0 saturated carbocycles. The fourth-order valence-corrected chi connectivity index (χ4v) is 3.13. The normalized spacial score (nSPS) is 10.6. The van der Waals surface area contributed by atoms with Gasteiger partial charge in [0.15, 0.2) is 0 Å². The maximum atomic E-state index is 12.3. The summed E-state index contributed by atoms with van der Waals surface area (Å²) in [5.41, 5.74) is 3.91. The Balaban J connectivity index is 1.47. The van der Waals surface area contributed by atoms with Crippen LogP contribution in [0.4, 0.5) is 5.95 Å². The molecule has 1 aromatic heterocycles. The van der Waals surface area contributed by atoms with Crippen LogP contribution in [-0.2, 0) is 0 Å². The molecule has 32 heavy (non-hydrogen) atoms. The summed E-state index contributed by atoms with van der Waals surface area (Å²) in [6.07, 6.45) is 1.59. The van der Waals surface area contributed by atoms with Gasteiger partial charge in [-0.2, -0.15) is 10.4 Å². The van der Waals surface area contributed by atoms with Crippen LogP contribution < -0.4 is 15.7 Å². The highest BCUT2D eigenvalue weighted by Gasteiger charge is 2.12. The molecule has 4 aromatic rings. The molecule has 0 aliphatic carbocycles. The number of rotatable bonds is 6. The topological polar surface area (TPSA) is 103 Å². The summed E-state index contributed by atoms with van der Waals surface area (Å²) >= 11 is 3.39. The van der Waals surface area contributed by atoms with Crippen molar-refractivity contribution in [1.82, 2.24) is 9.97 Å². The van der Waals surface area contributed by atoms with Gasteiger partial charge in [0.1, 0.15) is 23.1 Å². The number of hydrogen-bond donors (Lipinski definition) is 2. The fraction of sp³-hybridized carbons (Fsp3) is 0. The molecule has 8 heteroatoms. The summed E-state index contributed by atoms with van der Waals surface area (Å²) in [6.45, 7) is 0. The number of ether oxygens (including phenoxy) is 1. The number of H-pyrrole nitrogens is 1. The molecule has 4 rings (SSSR count). The van der Waals surface area contributed by atoms with Gasteiger partial charge in [-0.15, -0.1) is 0 Å². The van der Waals surface area contributed by atoms with Crippen LogP contribution in [0.3, 0.4) is 0 Å². The number of hydrazone groups is 1. The number of halogens is 1. The molecule has 0 saturated heterocycles. The second-order valence-corrected chi connectivity index (χ2v) is 7.53. The van der Waals surface area contributed by atoms with Gasteiger partial charge in [-0.1, -0.05) is 46.3 Å². The van der Waals surface area contributed by atoms with E-state index in [0.29, 0.717) is 17.0 Å². The first-order valence-corrected chi connectivity index (χ1v) is 10.3. The van der Waals surface area contributed by atoms with Gasteiger partial charge in [0, 0.05) is 10.0 Å². The van der Waals surface area contributed by atoms with Crippen molar-refractivity contribution in [3.63, 3.8) is 0 Å². The molecule has 0 atom stereocenters. The van der Waals surface area contributed by atoms with E-state index in [9.17, 15) is 10.1 Å². The van der Waals surface area contributed by atoms with E-state index < -0.39 is 5.56 Å². The Morgan fingerprint density at radius 1 is 1.00 bits per heavy atom. The molecule has 0 aliphatic rings. The molecule has 0 radical (unpaired) electrons. The number of aromatic amines is 1. The number of aromatic nitrogens is 2. The monoisotopic (exact) mass is 485 g/mol. The predicted molar refractivity (Wildman–Crippen MR) is 127 cm³/mol. The molecule has 2 N–H and O–H groups in total. The van der Waals surface area contributed by atoms with E-state index in [1.165, 1.54) is 0 Å². The maximum Gasteiger partial charge on any atom is 0.270 e. The lowest BCUT2D eigenvalue weighted by Crippen LogP contribution is -2.16. The Bertz CT molecular complexity index is 1340. The Hall–Kier alpha value is -4.22. The van der Waals surface area contributed by atoms with E-state index in [-0.39, 0.29) is 11.5 Å². The Morgan fingerprint density at radius 3 is 2.31 bits per heavy atom. The Morgan fingerprint density at radius 2 is 1.66 bits per heavy atom. The number of hydrogen-bond acceptors (Lipinski definition) is 6. The largest absolute Gasteiger partial charge is 0.457 e. The first-order valence-electron chi connectivity index (χ1n) is 9.55. The number of benzene rings is 3.